The lowest BCUT2D eigenvalue weighted by Crippen LogP contribution is -2.50. The molecule has 1 aliphatic carbocycles. The van der Waals surface area contributed by atoms with Crippen LogP contribution in [0.4, 0.5) is 10.1 Å². The summed E-state index contributed by atoms with van der Waals surface area (Å²) in [4.78, 5) is 32.6. The van der Waals surface area contributed by atoms with E-state index in [1.165, 1.54) is 12.1 Å². The zero-order chi connectivity index (χ0) is 26.0. The van der Waals surface area contributed by atoms with Gasteiger partial charge in [0.1, 0.15) is 5.82 Å². The Labute approximate surface area is 221 Å². The number of nitrogens with two attached hydrogens (primary N) is 1. The van der Waals surface area contributed by atoms with Gasteiger partial charge in [-0.05, 0) is 73.2 Å². The second kappa shape index (κ2) is 10.6. The standard InChI is InChI=1S/C29H30ClFN4O2/c30-24-18-21(31)9-10-23(24)29(13-1-2-14-29)28(37)35-17-3-4-25(35)26(32)19-5-7-20(8-6-19)27(36)34-22-11-15-33-16-12-22/h5-12,15-16,18,25-26H,1-4,13-14,17,32H2,(H,33,34,36). The third kappa shape index (κ3) is 4.98. The quantitative estimate of drug-likeness (QED) is 0.441. The summed E-state index contributed by atoms with van der Waals surface area (Å²) < 4.78 is 13.8. The summed E-state index contributed by atoms with van der Waals surface area (Å²) in [5.41, 5.74) is 8.75. The van der Waals surface area contributed by atoms with E-state index in [1.54, 1.807) is 42.7 Å². The first-order chi connectivity index (χ1) is 17.9. The van der Waals surface area contributed by atoms with E-state index in [9.17, 15) is 14.0 Å². The first kappa shape index (κ1) is 25.4. The second-order valence-corrected chi connectivity index (χ2v) is 10.4. The van der Waals surface area contributed by atoms with Gasteiger partial charge in [-0.25, -0.2) is 4.39 Å². The van der Waals surface area contributed by atoms with E-state index < -0.39 is 17.3 Å². The SMILES string of the molecule is NC(c1ccc(C(=O)Nc2ccncc2)cc1)C1CCCN1C(=O)C1(c2ccc(F)cc2Cl)CCCC1. The summed E-state index contributed by atoms with van der Waals surface area (Å²) in [6.45, 7) is 0.629. The first-order valence-electron chi connectivity index (χ1n) is 12.7. The lowest BCUT2D eigenvalue weighted by molar-refractivity contribution is -0.138. The average Bonchev–Trinajstić information content (AvgIpc) is 3.60. The van der Waals surface area contributed by atoms with E-state index in [2.05, 4.69) is 10.3 Å². The van der Waals surface area contributed by atoms with Crippen molar-refractivity contribution in [3.63, 3.8) is 0 Å². The highest BCUT2D eigenvalue weighted by atomic mass is 35.5. The Morgan fingerprint density at radius 2 is 1.76 bits per heavy atom. The molecule has 1 saturated heterocycles. The minimum absolute atomic E-state index is 0.0322. The summed E-state index contributed by atoms with van der Waals surface area (Å²) in [5.74, 6) is -0.596. The van der Waals surface area contributed by atoms with Gasteiger partial charge in [-0.2, -0.15) is 0 Å². The molecule has 2 amide bonds. The number of hydrogen-bond donors (Lipinski definition) is 2. The predicted octanol–water partition coefficient (Wildman–Crippen LogP) is 5.63. The van der Waals surface area contributed by atoms with Crippen molar-refractivity contribution in [3.05, 3.63) is 94.5 Å². The molecular weight excluding hydrogens is 491 g/mol. The number of halogens is 2. The fraction of sp³-hybridized carbons (Fsp3) is 0.345. The van der Waals surface area contributed by atoms with Crippen LogP contribution in [0.1, 0.15) is 66.1 Å². The summed E-state index contributed by atoms with van der Waals surface area (Å²) in [6, 6.07) is 14.5. The Balaban J connectivity index is 1.34. The number of aromatic nitrogens is 1. The van der Waals surface area contributed by atoms with Gasteiger partial charge in [0, 0.05) is 35.2 Å². The zero-order valence-electron chi connectivity index (χ0n) is 20.5. The molecule has 6 nitrogen and oxygen atoms in total. The molecule has 3 N–H and O–H groups in total. The van der Waals surface area contributed by atoms with Crippen LogP contribution in [0.25, 0.3) is 0 Å². The number of rotatable bonds is 6. The highest BCUT2D eigenvalue weighted by molar-refractivity contribution is 6.31. The van der Waals surface area contributed by atoms with E-state index >= 15 is 0 Å². The molecule has 0 bridgehead atoms. The molecule has 5 rings (SSSR count). The van der Waals surface area contributed by atoms with E-state index in [-0.39, 0.29) is 17.9 Å². The maximum atomic E-state index is 14.1. The van der Waals surface area contributed by atoms with Crippen LogP contribution in [0.5, 0.6) is 0 Å². The van der Waals surface area contributed by atoms with Gasteiger partial charge in [0.15, 0.2) is 0 Å². The Kier molecular flexibility index (Phi) is 7.26. The van der Waals surface area contributed by atoms with Crippen molar-refractivity contribution >= 4 is 29.1 Å². The third-order valence-corrected chi connectivity index (χ3v) is 8.10. The number of carbonyl (C=O) groups excluding carboxylic acids is 2. The number of benzene rings is 2. The van der Waals surface area contributed by atoms with Gasteiger partial charge in [-0.3, -0.25) is 14.6 Å². The van der Waals surface area contributed by atoms with Gasteiger partial charge in [-0.15, -0.1) is 0 Å². The smallest absolute Gasteiger partial charge is 0.255 e. The van der Waals surface area contributed by atoms with Crippen molar-refractivity contribution < 1.29 is 14.0 Å². The maximum Gasteiger partial charge on any atom is 0.255 e. The second-order valence-electron chi connectivity index (χ2n) is 9.96. The van der Waals surface area contributed by atoms with E-state index in [0.717, 1.165) is 31.2 Å². The molecule has 2 atom stereocenters. The van der Waals surface area contributed by atoms with Gasteiger partial charge in [0.25, 0.3) is 5.91 Å². The van der Waals surface area contributed by atoms with Gasteiger partial charge >= 0.3 is 0 Å². The summed E-state index contributed by atoms with van der Waals surface area (Å²) in [5, 5.41) is 3.15. The monoisotopic (exact) mass is 520 g/mol. The molecule has 192 valence electrons. The predicted molar refractivity (Wildman–Crippen MR) is 142 cm³/mol. The lowest BCUT2D eigenvalue weighted by atomic mass is 9.77. The summed E-state index contributed by atoms with van der Waals surface area (Å²) >= 11 is 6.46. The molecule has 3 aromatic rings. The largest absolute Gasteiger partial charge is 0.337 e. The highest BCUT2D eigenvalue weighted by Crippen LogP contribution is 2.47. The van der Waals surface area contributed by atoms with Crippen LogP contribution >= 0.6 is 11.6 Å². The summed E-state index contributed by atoms with van der Waals surface area (Å²) in [7, 11) is 0. The minimum atomic E-state index is -0.748. The molecule has 2 aliphatic rings. The van der Waals surface area contributed by atoms with E-state index in [4.69, 9.17) is 17.3 Å². The number of anilines is 1. The van der Waals surface area contributed by atoms with Crippen molar-refractivity contribution in [2.24, 2.45) is 5.73 Å². The molecule has 37 heavy (non-hydrogen) atoms. The zero-order valence-corrected chi connectivity index (χ0v) is 21.3. The molecule has 2 aromatic carbocycles. The third-order valence-electron chi connectivity index (χ3n) is 7.78. The average molecular weight is 521 g/mol. The van der Waals surface area contributed by atoms with Crippen LogP contribution in [0.2, 0.25) is 5.02 Å². The maximum absolute atomic E-state index is 14.1. The Hall–Kier alpha value is -3.29. The van der Waals surface area contributed by atoms with Crippen LogP contribution in [-0.4, -0.2) is 34.3 Å². The first-order valence-corrected chi connectivity index (χ1v) is 13.1. The summed E-state index contributed by atoms with van der Waals surface area (Å²) in [6.07, 6.45) is 8.13. The van der Waals surface area contributed by atoms with Crippen LogP contribution in [-0.2, 0) is 10.2 Å². The lowest BCUT2D eigenvalue weighted by Gasteiger charge is -2.38. The van der Waals surface area contributed by atoms with Crippen molar-refractivity contribution in [2.75, 3.05) is 11.9 Å². The fourth-order valence-electron chi connectivity index (χ4n) is 5.86. The molecule has 1 aromatic heterocycles. The topological polar surface area (TPSA) is 88.3 Å². The van der Waals surface area contributed by atoms with Crippen LogP contribution in [0.3, 0.4) is 0 Å². The Morgan fingerprint density at radius 1 is 1.05 bits per heavy atom. The highest BCUT2D eigenvalue weighted by Gasteiger charge is 2.49. The number of hydrogen-bond acceptors (Lipinski definition) is 4. The van der Waals surface area contributed by atoms with Gasteiger partial charge in [0.05, 0.1) is 17.5 Å². The Bertz CT molecular complexity index is 1280. The van der Waals surface area contributed by atoms with Crippen LogP contribution in [0.15, 0.2) is 67.0 Å². The molecule has 2 unspecified atom stereocenters. The van der Waals surface area contributed by atoms with Gasteiger partial charge in [-0.1, -0.05) is 42.6 Å². The minimum Gasteiger partial charge on any atom is -0.337 e. The number of carbonyl (C=O) groups is 2. The van der Waals surface area contributed by atoms with Gasteiger partial charge < -0.3 is 16.0 Å². The van der Waals surface area contributed by atoms with Gasteiger partial charge in [0.2, 0.25) is 5.91 Å². The molecule has 0 radical (unpaired) electrons. The van der Waals surface area contributed by atoms with E-state index in [1.807, 2.05) is 17.0 Å². The number of nitrogens with one attached hydrogen (secondary N) is 1. The molecule has 8 heteroatoms. The Morgan fingerprint density at radius 3 is 2.43 bits per heavy atom. The molecule has 1 aliphatic heterocycles. The molecule has 2 heterocycles. The van der Waals surface area contributed by atoms with Crippen LogP contribution < -0.4 is 11.1 Å². The normalized spacial score (nSPS) is 19.5. The van der Waals surface area contributed by atoms with E-state index in [0.29, 0.717) is 41.2 Å². The fourth-order valence-corrected chi connectivity index (χ4v) is 6.21. The molecule has 1 saturated carbocycles. The number of likely N-dealkylation sites (tertiary alicyclic amines) is 1. The van der Waals surface area contributed by atoms with Crippen molar-refractivity contribution in [2.45, 2.75) is 56.0 Å². The van der Waals surface area contributed by atoms with Crippen molar-refractivity contribution in [3.8, 4) is 0 Å². The number of pyridine rings is 1. The molecular formula is C29H30ClFN4O2. The number of amides is 2. The molecule has 2 fully saturated rings. The molecule has 0 spiro atoms. The van der Waals surface area contributed by atoms with Crippen molar-refractivity contribution in [1.29, 1.82) is 0 Å². The van der Waals surface area contributed by atoms with Crippen LogP contribution in [0, 0.1) is 5.82 Å². The van der Waals surface area contributed by atoms with Crippen molar-refractivity contribution in [1.82, 2.24) is 9.88 Å². The number of nitrogens with zero attached hydrogens (tertiary/aromatic N) is 2.